The van der Waals surface area contributed by atoms with Gasteiger partial charge in [-0.25, -0.2) is 0 Å². The molecular formula is C58H104O15. The maximum atomic E-state index is 13.0. The molecular weight excluding hydrogens is 937 g/mol. The van der Waals surface area contributed by atoms with Crippen molar-refractivity contribution in [1.82, 2.24) is 0 Å². The Morgan fingerprint density at radius 3 is 1.33 bits per heavy atom. The van der Waals surface area contributed by atoms with Crippen molar-refractivity contribution < 1.29 is 73.8 Å². The number of aliphatic hydroxyl groups is 7. The van der Waals surface area contributed by atoms with Crippen molar-refractivity contribution in [3.05, 3.63) is 36.5 Å². The van der Waals surface area contributed by atoms with Crippen LogP contribution in [0.3, 0.4) is 0 Å². The van der Waals surface area contributed by atoms with Crippen LogP contribution >= 0.6 is 0 Å². The lowest BCUT2D eigenvalue weighted by Crippen LogP contribution is -2.61. The Labute approximate surface area is 440 Å². The Kier molecular flexibility index (Phi) is 41.0. The van der Waals surface area contributed by atoms with Crippen molar-refractivity contribution in [2.75, 3.05) is 26.4 Å². The van der Waals surface area contributed by atoms with Crippen LogP contribution in [0.25, 0.3) is 0 Å². The van der Waals surface area contributed by atoms with E-state index in [4.69, 9.17) is 28.4 Å². The molecule has 2 fully saturated rings. The Morgan fingerprint density at radius 1 is 0.438 bits per heavy atom. The summed E-state index contributed by atoms with van der Waals surface area (Å²) in [5, 5.41) is 72.2. The van der Waals surface area contributed by atoms with Crippen LogP contribution in [0.5, 0.6) is 0 Å². The number of hydrogen-bond donors (Lipinski definition) is 7. The van der Waals surface area contributed by atoms with Gasteiger partial charge in [0.2, 0.25) is 0 Å². The van der Waals surface area contributed by atoms with Gasteiger partial charge in [0.15, 0.2) is 18.7 Å². The van der Waals surface area contributed by atoms with Crippen LogP contribution in [-0.4, -0.2) is 142 Å². The average Bonchev–Trinajstić information content (AvgIpc) is 3.38. The normalized spacial score (nSPS) is 25.1. The van der Waals surface area contributed by atoms with Crippen LogP contribution in [0.2, 0.25) is 0 Å². The van der Waals surface area contributed by atoms with Crippen molar-refractivity contribution in [2.45, 2.75) is 293 Å². The molecule has 73 heavy (non-hydrogen) atoms. The summed E-state index contributed by atoms with van der Waals surface area (Å²) < 4.78 is 33.7. The van der Waals surface area contributed by atoms with Gasteiger partial charge in [0.1, 0.15) is 55.4 Å². The minimum absolute atomic E-state index is 0.150. The number of rotatable bonds is 46. The Bertz CT molecular complexity index is 1410. The third-order valence-electron chi connectivity index (χ3n) is 13.8. The molecule has 2 saturated heterocycles. The summed E-state index contributed by atoms with van der Waals surface area (Å²) in [5.41, 5.74) is 0. The van der Waals surface area contributed by atoms with Crippen LogP contribution in [-0.2, 0) is 38.0 Å². The van der Waals surface area contributed by atoms with Gasteiger partial charge in [0.05, 0.1) is 19.8 Å². The third kappa shape index (κ3) is 32.2. The zero-order valence-corrected chi connectivity index (χ0v) is 45.4. The summed E-state index contributed by atoms with van der Waals surface area (Å²) in [6, 6.07) is 0. The first kappa shape index (κ1) is 66.8. The summed E-state index contributed by atoms with van der Waals surface area (Å²) in [6.45, 7) is 2.56. The molecule has 2 aliphatic heterocycles. The highest BCUT2D eigenvalue weighted by molar-refractivity contribution is 5.70. The highest BCUT2D eigenvalue weighted by Crippen LogP contribution is 2.27. The minimum atomic E-state index is -1.77. The second kappa shape index (κ2) is 44.8. The topological polar surface area (TPSA) is 231 Å². The molecule has 2 aliphatic rings. The molecule has 15 nitrogen and oxygen atoms in total. The molecule has 2 heterocycles. The highest BCUT2D eigenvalue weighted by Gasteiger charge is 2.47. The lowest BCUT2D eigenvalue weighted by molar-refractivity contribution is -0.332. The number of allylic oxidation sites excluding steroid dienone is 6. The third-order valence-corrected chi connectivity index (χ3v) is 13.8. The first-order chi connectivity index (χ1) is 35.5. The Hall–Kier alpha value is -2.28. The van der Waals surface area contributed by atoms with E-state index in [1.165, 1.54) is 122 Å². The molecule has 0 amide bonds. The van der Waals surface area contributed by atoms with Crippen molar-refractivity contribution in [3.63, 3.8) is 0 Å². The van der Waals surface area contributed by atoms with Gasteiger partial charge in [-0.3, -0.25) is 9.59 Å². The standard InChI is InChI=1S/C58H104O15/c1-3-5-7-9-11-13-15-17-19-20-21-22-23-24-25-26-27-29-30-32-34-36-38-40-49(60)68-43-46(71-50(61)41-39-37-35-33-31-28-18-16-14-12-10-8-6-4-2)44-69-57-56(67)54(65)52(63)48(73-57)45-70-58-55(66)53(64)51(62)47(42-59)72-58/h10,12,16,18,20-21,46-48,51-59,62-67H,3-9,11,13-15,17,19,22-45H2,1-2H3/b12-10-,18-16-,21-20-. The zero-order chi connectivity index (χ0) is 53.2. The SMILES string of the molecule is CCCC/C=C\C/C=C\CCCCCCCC(=O)OC(COC(=O)CCCCCCCCCCCCC/C=C\CCCCCCCCCC)COC1OC(COC2OC(CO)C(O)C(O)C2O)C(O)C(O)C1O. The van der Waals surface area contributed by atoms with Crippen molar-refractivity contribution in [2.24, 2.45) is 0 Å². The van der Waals surface area contributed by atoms with E-state index < -0.39 is 92.7 Å². The summed E-state index contributed by atoms with van der Waals surface area (Å²) in [6.07, 6.45) is 33.1. The van der Waals surface area contributed by atoms with E-state index in [0.717, 1.165) is 64.2 Å². The van der Waals surface area contributed by atoms with E-state index in [9.17, 15) is 45.3 Å². The van der Waals surface area contributed by atoms with Crippen LogP contribution < -0.4 is 0 Å². The number of ether oxygens (including phenoxy) is 6. The molecule has 0 aliphatic carbocycles. The van der Waals surface area contributed by atoms with Crippen molar-refractivity contribution in [3.8, 4) is 0 Å². The summed E-state index contributed by atoms with van der Waals surface area (Å²) in [7, 11) is 0. The van der Waals surface area contributed by atoms with E-state index in [1.54, 1.807) is 0 Å². The Balaban J connectivity index is 1.73. The molecule has 7 N–H and O–H groups in total. The van der Waals surface area contributed by atoms with Crippen LogP contribution in [0, 0.1) is 0 Å². The second-order valence-electron chi connectivity index (χ2n) is 20.5. The van der Waals surface area contributed by atoms with Gasteiger partial charge < -0.3 is 64.2 Å². The van der Waals surface area contributed by atoms with Gasteiger partial charge >= 0.3 is 11.9 Å². The van der Waals surface area contributed by atoms with E-state index in [-0.39, 0.29) is 26.1 Å². The number of aliphatic hydroxyl groups excluding tert-OH is 7. The fourth-order valence-electron chi connectivity index (χ4n) is 9.05. The molecule has 0 aromatic carbocycles. The number of carbonyl (C=O) groups excluding carboxylic acids is 2. The quantitative estimate of drug-likeness (QED) is 0.0171. The lowest BCUT2D eigenvalue weighted by atomic mass is 9.98. The maximum absolute atomic E-state index is 13.0. The molecule has 426 valence electrons. The predicted molar refractivity (Wildman–Crippen MR) is 284 cm³/mol. The van der Waals surface area contributed by atoms with Gasteiger partial charge in [-0.15, -0.1) is 0 Å². The maximum Gasteiger partial charge on any atom is 0.306 e. The molecule has 2 rings (SSSR count). The first-order valence-corrected chi connectivity index (χ1v) is 29.1. The van der Waals surface area contributed by atoms with Gasteiger partial charge in [0.25, 0.3) is 0 Å². The summed E-state index contributed by atoms with van der Waals surface area (Å²) in [5.74, 6) is -0.936. The fraction of sp³-hybridized carbons (Fsp3) is 0.862. The van der Waals surface area contributed by atoms with Crippen LogP contribution in [0.1, 0.15) is 226 Å². The smallest absolute Gasteiger partial charge is 0.306 e. The molecule has 15 heteroatoms. The molecule has 0 spiro atoms. The molecule has 11 unspecified atom stereocenters. The number of esters is 2. The monoisotopic (exact) mass is 1040 g/mol. The van der Waals surface area contributed by atoms with Crippen LogP contribution in [0.4, 0.5) is 0 Å². The van der Waals surface area contributed by atoms with Gasteiger partial charge in [-0.2, -0.15) is 0 Å². The van der Waals surface area contributed by atoms with Crippen LogP contribution in [0.15, 0.2) is 36.5 Å². The average molecular weight is 1040 g/mol. The van der Waals surface area contributed by atoms with Crippen molar-refractivity contribution >= 4 is 11.9 Å². The van der Waals surface area contributed by atoms with E-state index in [0.29, 0.717) is 12.8 Å². The highest BCUT2D eigenvalue weighted by atomic mass is 16.7. The van der Waals surface area contributed by atoms with Gasteiger partial charge in [-0.1, -0.05) is 185 Å². The lowest BCUT2D eigenvalue weighted by Gasteiger charge is -2.42. The Morgan fingerprint density at radius 2 is 0.836 bits per heavy atom. The molecule has 0 aromatic heterocycles. The van der Waals surface area contributed by atoms with Gasteiger partial charge in [0, 0.05) is 12.8 Å². The zero-order valence-electron chi connectivity index (χ0n) is 45.4. The molecule has 0 radical (unpaired) electrons. The number of hydrogen-bond acceptors (Lipinski definition) is 15. The van der Waals surface area contributed by atoms with E-state index in [2.05, 4.69) is 50.3 Å². The van der Waals surface area contributed by atoms with E-state index >= 15 is 0 Å². The molecule has 0 bridgehead atoms. The fourth-order valence-corrected chi connectivity index (χ4v) is 9.05. The van der Waals surface area contributed by atoms with Crippen molar-refractivity contribution in [1.29, 1.82) is 0 Å². The second-order valence-corrected chi connectivity index (χ2v) is 20.5. The predicted octanol–water partition coefficient (Wildman–Crippen LogP) is 9.66. The number of unbranched alkanes of at least 4 members (excludes halogenated alkanes) is 26. The first-order valence-electron chi connectivity index (χ1n) is 29.1. The molecule has 11 atom stereocenters. The van der Waals surface area contributed by atoms with Gasteiger partial charge in [-0.05, 0) is 64.2 Å². The summed E-state index contributed by atoms with van der Waals surface area (Å²) in [4.78, 5) is 25.9. The molecule has 0 aromatic rings. The van der Waals surface area contributed by atoms with E-state index in [1.807, 2.05) is 0 Å². The summed E-state index contributed by atoms with van der Waals surface area (Å²) >= 11 is 0. The largest absolute Gasteiger partial charge is 0.462 e. The minimum Gasteiger partial charge on any atom is -0.462 e. The molecule has 0 saturated carbocycles. The number of carbonyl (C=O) groups is 2.